The fraction of sp³-hybridized carbons (Fsp3) is 0.259. The highest BCUT2D eigenvalue weighted by Gasteiger charge is 2.33. The minimum Gasteiger partial charge on any atom is -0.469 e. The second-order valence-electron chi connectivity index (χ2n) is 8.93. The van der Waals surface area contributed by atoms with Crippen LogP contribution in [-0.2, 0) is 25.8 Å². The number of nitrogens with zero attached hydrogens (tertiary/aromatic N) is 4. The summed E-state index contributed by atoms with van der Waals surface area (Å²) in [5.41, 5.74) is 3.30. The van der Waals surface area contributed by atoms with E-state index >= 15 is 0 Å². The van der Waals surface area contributed by atoms with Gasteiger partial charge in [-0.25, -0.2) is 8.42 Å². The van der Waals surface area contributed by atoms with Crippen LogP contribution in [0.3, 0.4) is 0 Å². The maximum atomic E-state index is 13.0. The molecule has 0 bridgehead atoms. The molecular formula is C27H25ClN4O4S2. The molecular weight excluding hydrogens is 544 g/mol. The molecule has 2 aromatic heterocycles. The summed E-state index contributed by atoms with van der Waals surface area (Å²) in [5.74, 6) is 0.746. The Morgan fingerprint density at radius 1 is 1.08 bits per heavy atom. The van der Waals surface area contributed by atoms with E-state index in [0.29, 0.717) is 33.7 Å². The Balaban J connectivity index is 1.64. The van der Waals surface area contributed by atoms with Gasteiger partial charge in [0.1, 0.15) is 16.9 Å². The number of hydrogen-bond donors (Lipinski definition) is 0. The molecule has 4 aromatic rings. The lowest BCUT2D eigenvalue weighted by Crippen LogP contribution is -2.12. The molecule has 0 aliphatic carbocycles. The normalized spacial score (nSPS) is 14.8. The molecule has 1 atom stereocenters. The molecule has 0 fully saturated rings. The Labute approximate surface area is 229 Å². The summed E-state index contributed by atoms with van der Waals surface area (Å²) in [6.45, 7) is 3.82. The minimum atomic E-state index is -3.46. The topological polar surface area (TPSA) is 104 Å². The van der Waals surface area contributed by atoms with Gasteiger partial charge in [0.2, 0.25) is 0 Å². The van der Waals surface area contributed by atoms with Crippen molar-refractivity contribution in [3.63, 3.8) is 0 Å². The van der Waals surface area contributed by atoms with Crippen LogP contribution >= 0.6 is 22.9 Å². The third kappa shape index (κ3) is 4.91. The third-order valence-corrected chi connectivity index (χ3v) is 9.83. The molecule has 0 saturated heterocycles. The molecule has 1 aliphatic rings. The number of thiophene rings is 1. The van der Waals surface area contributed by atoms with E-state index < -0.39 is 21.8 Å². The van der Waals surface area contributed by atoms with Crippen LogP contribution in [0.15, 0.2) is 64.5 Å². The first-order valence-corrected chi connectivity index (χ1v) is 14.8. The van der Waals surface area contributed by atoms with Gasteiger partial charge in [0.15, 0.2) is 15.7 Å². The fourth-order valence-electron chi connectivity index (χ4n) is 4.52. The Bertz CT molecular complexity index is 1640. The molecule has 196 valence electrons. The zero-order valence-electron chi connectivity index (χ0n) is 21.0. The molecule has 8 nitrogen and oxygen atoms in total. The summed E-state index contributed by atoms with van der Waals surface area (Å²) in [6, 6.07) is 15.2. The maximum Gasteiger partial charge on any atom is 0.308 e. The van der Waals surface area contributed by atoms with Crippen LogP contribution in [0, 0.1) is 13.8 Å². The maximum absolute atomic E-state index is 13.0. The van der Waals surface area contributed by atoms with Crippen LogP contribution in [0.4, 0.5) is 0 Å². The largest absolute Gasteiger partial charge is 0.469 e. The molecule has 0 radical (unpaired) electrons. The number of aryl methyl sites for hydroxylation is 2. The Morgan fingerprint density at radius 3 is 2.47 bits per heavy atom. The molecule has 38 heavy (non-hydrogen) atoms. The van der Waals surface area contributed by atoms with Crippen molar-refractivity contribution in [2.24, 2.45) is 4.99 Å². The van der Waals surface area contributed by atoms with Gasteiger partial charge >= 0.3 is 5.97 Å². The molecule has 1 aliphatic heterocycles. The van der Waals surface area contributed by atoms with Gasteiger partial charge in [-0.15, -0.1) is 21.5 Å². The van der Waals surface area contributed by atoms with Crippen molar-refractivity contribution in [3.05, 3.63) is 92.8 Å². The highest BCUT2D eigenvalue weighted by molar-refractivity contribution is 7.91. The monoisotopic (exact) mass is 568 g/mol. The van der Waals surface area contributed by atoms with Crippen molar-refractivity contribution in [3.8, 4) is 5.00 Å². The summed E-state index contributed by atoms with van der Waals surface area (Å²) < 4.78 is 32.9. The molecule has 0 N–H and O–H groups in total. The van der Waals surface area contributed by atoms with Crippen molar-refractivity contribution >= 4 is 44.5 Å². The van der Waals surface area contributed by atoms with Crippen molar-refractivity contribution in [1.29, 1.82) is 0 Å². The van der Waals surface area contributed by atoms with Crippen LogP contribution < -0.4 is 0 Å². The van der Waals surface area contributed by atoms with E-state index in [-0.39, 0.29) is 12.2 Å². The highest BCUT2D eigenvalue weighted by Crippen LogP contribution is 2.40. The van der Waals surface area contributed by atoms with Gasteiger partial charge < -0.3 is 4.74 Å². The molecule has 3 heterocycles. The van der Waals surface area contributed by atoms with Crippen molar-refractivity contribution < 1.29 is 17.9 Å². The standard InChI is InChI=1S/C27H25ClN4O4S2/c1-16-22(13-14-38(34,35)20-7-5-4-6-8-20)37-27-24(16)25(18-9-11-19(28)12-10-18)29-21(15-23(33)36-3)26-31-30-17(2)32(26)27/h4-12,21H,13-15H2,1-3H3/t21-/m0/s1. The lowest BCUT2D eigenvalue weighted by Gasteiger charge is -2.12. The number of benzene rings is 2. The average molecular weight is 569 g/mol. The number of ether oxygens (including phenoxy) is 1. The molecule has 5 rings (SSSR count). The van der Waals surface area contributed by atoms with E-state index in [1.165, 1.54) is 18.4 Å². The lowest BCUT2D eigenvalue weighted by molar-refractivity contribution is -0.141. The van der Waals surface area contributed by atoms with Crippen molar-refractivity contribution in [2.45, 2.75) is 37.6 Å². The summed E-state index contributed by atoms with van der Waals surface area (Å²) in [7, 11) is -2.12. The molecule has 11 heteroatoms. The molecule has 0 amide bonds. The number of sulfone groups is 1. The second kappa shape index (κ2) is 10.4. The van der Waals surface area contributed by atoms with Gasteiger partial charge in [-0.3, -0.25) is 14.4 Å². The first-order valence-electron chi connectivity index (χ1n) is 11.9. The quantitative estimate of drug-likeness (QED) is 0.288. The van der Waals surface area contributed by atoms with E-state index in [0.717, 1.165) is 26.6 Å². The average Bonchev–Trinajstić information content (AvgIpc) is 3.41. The van der Waals surface area contributed by atoms with Gasteiger partial charge in [-0.2, -0.15) is 0 Å². The first-order chi connectivity index (χ1) is 18.2. The zero-order valence-corrected chi connectivity index (χ0v) is 23.4. The summed E-state index contributed by atoms with van der Waals surface area (Å²) >= 11 is 7.66. The number of carbonyl (C=O) groups is 1. The number of hydrogen-bond acceptors (Lipinski definition) is 8. The van der Waals surface area contributed by atoms with E-state index in [1.807, 2.05) is 30.5 Å². The van der Waals surface area contributed by atoms with E-state index in [2.05, 4.69) is 10.2 Å². The number of carbonyl (C=O) groups excluding carboxylic acids is 1. The van der Waals surface area contributed by atoms with Gasteiger partial charge in [0, 0.05) is 21.0 Å². The summed E-state index contributed by atoms with van der Waals surface area (Å²) in [5, 5.41) is 10.1. The van der Waals surface area contributed by atoms with Crippen LogP contribution in [0.2, 0.25) is 5.02 Å². The number of methoxy groups -OCH3 is 1. The first kappa shape index (κ1) is 26.3. The molecule has 0 saturated carbocycles. The van der Waals surface area contributed by atoms with E-state index in [9.17, 15) is 13.2 Å². The van der Waals surface area contributed by atoms with E-state index in [4.69, 9.17) is 21.3 Å². The smallest absolute Gasteiger partial charge is 0.308 e. The SMILES string of the molecule is COC(=O)C[C@@H]1N=C(c2ccc(Cl)cc2)c2c(sc(CCS(=O)(=O)c3ccccc3)c2C)-n2c(C)nnc21. The highest BCUT2D eigenvalue weighted by atomic mass is 35.5. The number of aliphatic imine (C=N–C) groups is 1. The number of rotatable bonds is 7. The molecule has 2 aromatic carbocycles. The number of halogens is 1. The second-order valence-corrected chi connectivity index (χ2v) is 12.6. The number of aromatic nitrogens is 3. The number of esters is 1. The summed E-state index contributed by atoms with van der Waals surface area (Å²) in [6.07, 6.45) is 0.346. The van der Waals surface area contributed by atoms with E-state index in [1.54, 1.807) is 42.5 Å². The Morgan fingerprint density at radius 2 is 1.79 bits per heavy atom. The van der Waals surface area contributed by atoms with Gasteiger partial charge in [0.05, 0.1) is 29.9 Å². The minimum absolute atomic E-state index is 0.00187. The van der Waals surface area contributed by atoms with Crippen LogP contribution in [0.1, 0.15) is 45.7 Å². The lowest BCUT2D eigenvalue weighted by atomic mass is 9.99. The van der Waals surface area contributed by atoms with Crippen LogP contribution in [-0.4, -0.2) is 47.7 Å². The van der Waals surface area contributed by atoms with Crippen molar-refractivity contribution in [2.75, 3.05) is 12.9 Å². The van der Waals surface area contributed by atoms with Crippen molar-refractivity contribution in [1.82, 2.24) is 14.8 Å². The van der Waals surface area contributed by atoms with Crippen LogP contribution in [0.5, 0.6) is 0 Å². The predicted molar refractivity (Wildman–Crippen MR) is 147 cm³/mol. The molecule has 0 spiro atoms. The zero-order chi connectivity index (χ0) is 27.0. The Hall–Kier alpha value is -3.34. The van der Waals surface area contributed by atoms with Gasteiger partial charge in [-0.1, -0.05) is 41.9 Å². The Kier molecular flexibility index (Phi) is 7.21. The third-order valence-electron chi connectivity index (χ3n) is 6.51. The summed E-state index contributed by atoms with van der Waals surface area (Å²) in [4.78, 5) is 18.6. The predicted octanol–water partition coefficient (Wildman–Crippen LogP) is 5.07. The van der Waals surface area contributed by atoms with Gasteiger partial charge in [0.25, 0.3) is 0 Å². The van der Waals surface area contributed by atoms with Gasteiger partial charge in [-0.05, 0) is 50.1 Å². The molecule has 0 unspecified atom stereocenters. The van der Waals surface area contributed by atoms with Crippen LogP contribution in [0.25, 0.3) is 5.00 Å². The number of fused-ring (bicyclic) bond motifs is 3. The fourth-order valence-corrected chi connectivity index (χ4v) is 7.42.